The zero-order valence-corrected chi connectivity index (χ0v) is 12.5. The van der Waals surface area contributed by atoms with Crippen LogP contribution in [0.25, 0.3) is 0 Å². The van der Waals surface area contributed by atoms with Crippen LogP contribution >= 0.6 is 0 Å². The molecule has 2 N–H and O–H groups in total. The number of hydrogen-bond acceptors (Lipinski definition) is 3. The van der Waals surface area contributed by atoms with Crippen molar-refractivity contribution in [1.82, 2.24) is 10.2 Å². The van der Waals surface area contributed by atoms with E-state index in [0.717, 1.165) is 12.5 Å². The Kier molecular flexibility index (Phi) is 4.16. The van der Waals surface area contributed by atoms with Crippen LogP contribution in [0.1, 0.15) is 52.4 Å². The van der Waals surface area contributed by atoms with Crippen molar-refractivity contribution in [3.05, 3.63) is 0 Å². The molecule has 3 unspecified atom stereocenters. The molecule has 3 nitrogen and oxygen atoms in total. The lowest BCUT2D eigenvalue weighted by Crippen LogP contribution is -2.52. The summed E-state index contributed by atoms with van der Waals surface area (Å²) in [5.74, 6) is 1.31. The molecule has 0 aromatic carbocycles. The molecule has 2 aliphatic carbocycles. The van der Waals surface area contributed by atoms with Gasteiger partial charge >= 0.3 is 0 Å². The number of aliphatic hydroxyl groups is 1. The third-order valence-corrected chi connectivity index (χ3v) is 5.09. The van der Waals surface area contributed by atoms with Crippen molar-refractivity contribution in [3.8, 4) is 0 Å². The van der Waals surface area contributed by atoms with Crippen LogP contribution in [-0.4, -0.2) is 47.3 Å². The average molecular weight is 266 g/mol. The van der Waals surface area contributed by atoms with E-state index in [0.29, 0.717) is 23.9 Å². The molecule has 1 aliphatic heterocycles. The molecule has 19 heavy (non-hydrogen) atoms. The maximum atomic E-state index is 10.2. The first-order valence-electron chi connectivity index (χ1n) is 8.30. The Morgan fingerprint density at radius 3 is 2.42 bits per heavy atom. The summed E-state index contributed by atoms with van der Waals surface area (Å²) < 4.78 is 0. The fourth-order valence-corrected chi connectivity index (χ4v) is 3.55. The molecule has 3 fully saturated rings. The summed E-state index contributed by atoms with van der Waals surface area (Å²) in [4.78, 5) is 2.60. The number of hydrogen-bond donors (Lipinski definition) is 2. The zero-order chi connectivity index (χ0) is 13.4. The first-order valence-corrected chi connectivity index (χ1v) is 8.30. The van der Waals surface area contributed by atoms with Crippen molar-refractivity contribution in [3.63, 3.8) is 0 Å². The van der Waals surface area contributed by atoms with Crippen LogP contribution in [0.5, 0.6) is 0 Å². The first-order chi connectivity index (χ1) is 9.11. The van der Waals surface area contributed by atoms with E-state index in [9.17, 15) is 5.11 Å². The van der Waals surface area contributed by atoms with Gasteiger partial charge in [-0.3, -0.25) is 4.90 Å². The monoisotopic (exact) mass is 266 g/mol. The van der Waals surface area contributed by atoms with Crippen molar-refractivity contribution in [2.24, 2.45) is 11.8 Å². The molecule has 0 aromatic heterocycles. The number of aliphatic hydroxyl groups excluding tert-OH is 1. The summed E-state index contributed by atoms with van der Waals surface area (Å²) in [5.41, 5.74) is 0. The van der Waals surface area contributed by atoms with E-state index in [1.165, 1.54) is 45.2 Å². The van der Waals surface area contributed by atoms with Gasteiger partial charge in [-0.05, 0) is 64.2 Å². The highest BCUT2D eigenvalue weighted by Gasteiger charge is 2.36. The number of piperidine rings is 1. The summed E-state index contributed by atoms with van der Waals surface area (Å²) in [6, 6.07) is 2.08. The van der Waals surface area contributed by atoms with Crippen LogP contribution in [0.2, 0.25) is 0 Å². The highest BCUT2D eigenvalue weighted by atomic mass is 16.3. The van der Waals surface area contributed by atoms with Crippen LogP contribution in [0, 0.1) is 11.8 Å². The van der Waals surface area contributed by atoms with E-state index < -0.39 is 0 Å². The summed E-state index contributed by atoms with van der Waals surface area (Å²) in [6.45, 7) is 6.98. The normalized spacial score (nSPS) is 34.7. The van der Waals surface area contributed by atoms with Gasteiger partial charge in [0.25, 0.3) is 0 Å². The minimum absolute atomic E-state index is 0.0290. The summed E-state index contributed by atoms with van der Waals surface area (Å²) in [7, 11) is 0. The third kappa shape index (κ3) is 3.93. The van der Waals surface area contributed by atoms with Gasteiger partial charge in [-0.1, -0.05) is 0 Å². The van der Waals surface area contributed by atoms with Crippen molar-refractivity contribution < 1.29 is 5.11 Å². The maximum Gasteiger partial charge on any atom is 0.0571 e. The van der Waals surface area contributed by atoms with E-state index in [1.54, 1.807) is 0 Å². The van der Waals surface area contributed by atoms with Gasteiger partial charge in [0.15, 0.2) is 0 Å². The van der Waals surface area contributed by atoms with Crippen LogP contribution in [-0.2, 0) is 0 Å². The van der Waals surface area contributed by atoms with E-state index in [4.69, 9.17) is 0 Å². The Bertz CT molecular complexity index is 297. The molecule has 0 bridgehead atoms. The lowest BCUT2D eigenvalue weighted by molar-refractivity contribution is 0.0621. The SMILES string of the molecule is CC(C)N1CC(CC(O)C2CC2)CC(NC2CC2)C1. The molecule has 110 valence electrons. The third-order valence-electron chi connectivity index (χ3n) is 5.09. The molecule has 0 spiro atoms. The fraction of sp³-hybridized carbons (Fsp3) is 1.00. The van der Waals surface area contributed by atoms with Gasteiger partial charge in [0, 0.05) is 31.2 Å². The second kappa shape index (κ2) is 5.71. The standard InChI is InChI=1S/C16H30N2O/c1-11(2)18-9-12(8-16(19)13-3-4-13)7-15(10-18)17-14-5-6-14/h11-17,19H,3-10H2,1-2H3. The van der Waals surface area contributed by atoms with E-state index in [1.807, 2.05) is 0 Å². The fourth-order valence-electron chi connectivity index (χ4n) is 3.55. The Morgan fingerprint density at radius 1 is 1.11 bits per heavy atom. The minimum atomic E-state index is -0.0290. The average Bonchev–Trinajstić information content (AvgIpc) is 3.22. The molecule has 0 radical (unpaired) electrons. The van der Waals surface area contributed by atoms with Gasteiger partial charge in [0.1, 0.15) is 0 Å². The van der Waals surface area contributed by atoms with Crippen molar-refractivity contribution in [1.29, 1.82) is 0 Å². The molecule has 3 atom stereocenters. The molecule has 0 amide bonds. The topological polar surface area (TPSA) is 35.5 Å². The second-order valence-corrected chi connectivity index (χ2v) is 7.43. The lowest BCUT2D eigenvalue weighted by Gasteiger charge is -2.41. The molecule has 2 saturated carbocycles. The molecule has 1 heterocycles. The Hall–Kier alpha value is -0.120. The molecular weight excluding hydrogens is 236 g/mol. The highest BCUT2D eigenvalue weighted by Crippen LogP contribution is 2.37. The number of likely N-dealkylation sites (tertiary alicyclic amines) is 1. The van der Waals surface area contributed by atoms with Gasteiger partial charge in [-0.25, -0.2) is 0 Å². The number of rotatable bonds is 6. The molecule has 3 aliphatic rings. The number of nitrogens with zero attached hydrogens (tertiary/aromatic N) is 1. The first kappa shape index (κ1) is 13.8. The predicted octanol–water partition coefficient (Wildman–Crippen LogP) is 2.00. The number of nitrogens with one attached hydrogen (secondary N) is 1. The van der Waals surface area contributed by atoms with E-state index in [-0.39, 0.29) is 6.10 Å². The quantitative estimate of drug-likeness (QED) is 0.772. The van der Waals surface area contributed by atoms with E-state index in [2.05, 4.69) is 24.1 Å². The maximum absolute atomic E-state index is 10.2. The van der Waals surface area contributed by atoms with Crippen LogP contribution in [0.3, 0.4) is 0 Å². The van der Waals surface area contributed by atoms with Crippen LogP contribution < -0.4 is 5.32 Å². The predicted molar refractivity (Wildman–Crippen MR) is 78.1 cm³/mol. The molecular formula is C16H30N2O. The summed E-state index contributed by atoms with van der Waals surface area (Å²) >= 11 is 0. The van der Waals surface area contributed by atoms with Gasteiger partial charge in [-0.15, -0.1) is 0 Å². The molecule has 0 aromatic rings. The van der Waals surface area contributed by atoms with Gasteiger partial charge in [0.2, 0.25) is 0 Å². The zero-order valence-electron chi connectivity index (χ0n) is 12.5. The molecule has 3 rings (SSSR count). The second-order valence-electron chi connectivity index (χ2n) is 7.43. The van der Waals surface area contributed by atoms with Crippen molar-refractivity contribution in [2.75, 3.05) is 13.1 Å². The van der Waals surface area contributed by atoms with Crippen LogP contribution in [0.4, 0.5) is 0 Å². The Labute approximate surface area is 117 Å². The molecule has 1 saturated heterocycles. The van der Waals surface area contributed by atoms with Crippen molar-refractivity contribution >= 4 is 0 Å². The van der Waals surface area contributed by atoms with Crippen molar-refractivity contribution in [2.45, 2.75) is 76.6 Å². The smallest absolute Gasteiger partial charge is 0.0571 e. The Balaban J connectivity index is 1.54. The van der Waals surface area contributed by atoms with Gasteiger partial charge < -0.3 is 10.4 Å². The van der Waals surface area contributed by atoms with Gasteiger partial charge in [-0.2, -0.15) is 0 Å². The lowest BCUT2D eigenvalue weighted by atomic mass is 9.87. The minimum Gasteiger partial charge on any atom is -0.393 e. The molecule has 3 heteroatoms. The highest BCUT2D eigenvalue weighted by molar-refractivity contribution is 4.92. The Morgan fingerprint density at radius 2 is 1.84 bits per heavy atom. The largest absolute Gasteiger partial charge is 0.393 e. The van der Waals surface area contributed by atoms with Crippen LogP contribution in [0.15, 0.2) is 0 Å². The van der Waals surface area contributed by atoms with Gasteiger partial charge in [0.05, 0.1) is 6.10 Å². The summed E-state index contributed by atoms with van der Waals surface area (Å²) in [6.07, 6.45) is 7.51. The summed E-state index contributed by atoms with van der Waals surface area (Å²) in [5, 5.41) is 14.0. The van der Waals surface area contributed by atoms with E-state index >= 15 is 0 Å².